The van der Waals surface area contributed by atoms with Gasteiger partial charge >= 0.3 is 49.5 Å². The highest BCUT2D eigenvalue weighted by Crippen LogP contribution is 2.42. The van der Waals surface area contributed by atoms with Crippen molar-refractivity contribution in [3.05, 3.63) is 273 Å². The van der Waals surface area contributed by atoms with Gasteiger partial charge in [-0.05, 0) is 222 Å². The molecule has 0 aliphatic carbocycles. The van der Waals surface area contributed by atoms with Gasteiger partial charge in [0.1, 0.15) is 0 Å². The SMILES string of the molecule is Cc1cccc(C)c1O[P+](=O)Oc1ccc(-c2ccc(O[P+](=O)Oc3c(C)cccc3C)cc2)cc1.Cc1cccc(C)c1O[P+](=O)Oc1ccc(O[P+](=O)Oc2c(C)cccc2C)cc1.Cc1cccc(C)c1O[P+](=O)Oc1cccc(O[P+](=O)Oc2c(C)cccc2C)c1. The van der Waals surface area contributed by atoms with Crippen molar-refractivity contribution in [3.63, 3.8) is 0 Å². The highest BCUT2D eigenvalue weighted by molar-refractivity contribution is 7.35. The monoisotopic (exact) mass is 1410 g/mol. The highest BCUT2D eigenvalue weighted by atomic mass is 31.1. The number of rotatable bonds is 25. The molecule has 96 heavy (non-hydrogen) atoms. The fraction of sp³-hybridized carbons (Fsp3) is 0.167. The Morgan fingerprint density at radius 2 is 0.323 bits per heavy atom. The van der Waals surface area contributed by atoms with Crippen LogP contribution in [-0.2, 0) is 27.4 Å². The summed E-state index contributed by atoms with van der Waals surface area (Å²) in [6.45, 7) is 22.6. The van der Waals surface area contributed by atoms with Gasteiger partial charge in [0, 0.05) is 33.5 Å². The number of para-hydroxylation sites is 6. The number of hydrogen-bond donors (Lipinski definition) is 0. The second-order valence-corrected chi connectivity index (χ2v) is 26.6. The molecule has 0 spiro atoms. The van der Waals surface area contributed by atoms with Crippen molar-refractivity contribution >= 4 is 49.5 Å². The molecular formula is C72H70O18P6+6. The molecule has 0 amide bonds. The summed E-state index contributed by atoms with van der Waals surface area (Å²) in [4.78, 5) is 0. The maximum Gasteiger partial charge on any atom is 0.805 e. The minimum atomic E-state index is -2.46. The molecule has 0 aromatic heterocycles. The van der Waals surface area contributed by atoms with Crippen molar-refractivity contribution in [2.24, 2.45) is 0 Å². The number of benzene rings is 10. The molecule has 0 N–H and O–H groups in total. The summed E-state index contributed by atoms with van der Waals surface area (Å²) in [5.74, 6) is 5.33. The van der Waals surface area contributed by atoms with Gasteiger partial charge in [0.2, 0.25) is 0 Å². The van der Waals surface area contributed by atoms with E-state index in [2.05, 4.69) is 0 Å². The lowest BCUT2D eigenvalue weighted by Crippen LogP contribution is -1.94. The smallest absolute Gasteiger partial charge is 0.222 e. The molecule has 18 nitrogen and oxygen atoms in total. The van der Waals surface area contributed by atoms with Crippen LogP contribution in [0.4, 0.5) is 0 Å². The number of hydrogen-bond acceptors (Lipinski definition) is 18. The first-order valence-corrected chi connectivity index (χ1v) is 36.3. The lowest BCUT2D eigenvalue weighted by atomic mass is 10.1. The topological polar surface area (TPSA) is 213 Å². The Bertz CT molecular complexity index is 4070. The maximum atomic E-state index is 12.4. The van der Waals surface area contributed by atoms with E-state index in [0.29, 0.717) is 57.5 Å². The Morgan fingerprint density at radius 3 is 0.500 bits per heavy atom. The van der Waals surface area contributed by atoms with E-state index in [1.165, 1.54) is 6.07 Å². The van der Waals surface area contributed by atoms with E-state index >= 15 is 0 Å². The summed E-state index contributed by atoms with van der Waals surface area (Å²) in [6, 6.07) is 60.9. The summed E-state index contributed by atoms with van der Waals surface area (Å²) in [5.41, 5.74) is 12.4. The molecular weight excluding hydrogens is 1340 g/mol. The molecule has 0 radical (unpaired) electrons. The van der Waals surface area contributed by atoms with Gasteiger partial charge in [0.05, 0.1) is 0 Å². The first kappa shape index (κ1) is 72.2. The van der Waals surface area contributed by atoms with Gasteiger partial charge in [-0.15, -0.1) is 0 Å². The molecule has 10 aromatic rings. The number of aryl methyl sites for hydroxylation is 12. The lowest BCUT2D eigenvalue weighted by Gasteiger charge is -2.04. The van der Waals surface area contributed by atoms with Crippen molar-refractivity contribution in [2.45, 2.75) is 83.1 Å². The van der Waals surface area contributed by atoms with Crippen LogP contribution in [0.15, 0.2) is 206 Å². The summed E-state index contributed by atoms with van der Waals surface area (Å²) in [7, 11) is -14.5. The summed E-state index contributed by atoms with van der Waals surface area (Å²) in [5, 5.41) is 0. The van der Waals surface area contributed by atoms with Gasteiger partial charge in [-0.1, -0.05) is 140 Å². The molecule has 0 saturated heterocycles. The van der Waals surface area contributed by atoms with Gasteiger partial charge in [-0.3, -0.25) is 0 Å². The lowest BCUT2D eigenvalue weighted by molar-refractivity contribution is 0.406. The van der Waals surface area contributed by atoms with Crippen LogP contribution in [0.2, 0.25) is 0 Å². The molecule has 0 saturated carbocycles. The third kappa shape index (κ3) is 21.2. The van der Waals surface area contributed by atoms with Gasteiger partial charge in [-0.25, -0.2) is 54.3 Å². The quantitative estimate of drug-likeness (QED) is 0.0486. The van der Waals surface area contributed by atoms with Crippen LogP contribution in [0.5, 0.6) is 69.0 Å². The fourth-order valence-corrected chi connectivity index (χ4v) is 13.9. The molecule has 10 aromatic carbocycles. The zero-order chi connectivity index (χ0) is 69.0. The van der Waals surface area contributed by atoms with Crippen molar-refractivity contribution in [2.75, 3.05) is 0 Å². The van der Waals surface area contributed by atoms with Gasteiger partial charge in [0.25, 0.3) is 0 Å². The van der Waals surface area contributed by atoms with Crippen LogP contribution in [0.3, 0.4) is 0 Å². The first-order chi connectivity index (χ1) is 46.0. The van der Waals surface area contributed by atoms with E-state index in [1.807, 2.05) is 217 Å². The van der Waals surface area contributed by atoms with E-state index in [0.717, 1.165) is 77.9 Å². The average Bonchev–Trinajstić information content (AvgIpc) is 0.989. The molecule has 0 bridgehead atoms. The highest BCUT2D eigenvalue weighted by Gasteiger charge is 2.33. The predicted octanol–water partition coefficient (Wildman–Crippen LogP) is 23.1. The van der Waals surface area contributed by atoms with Crippen LogP contribution in [0, 0.1) is 83.1 Å². The van der Waals surface area contributed by atoms with Gasteiger partial charge in [0.15, 0.2) is 69.0 Å². The first-order valence-electron chi connectivity index (χ1n) is 29.7. The Labute approximate surface area is 564 Å². The fourth-order valence-electron chi connectivity index (χ4n) is 9.30. The van der Waals surface area contributed by atoms with Crippen molar-refractivity contribution < 1.29 is 81.7 Å². The predicted molar refractivity (Wildman–Crippen MR) is 373 cm³/mol. The van der Waals surface area contributed by atoms with E-state index in [4.69, 9.17) is 54.3 Å². The molecule has 0 heterocycles. The van der Waals surface area contributed by atoms with Crippen molar-refractivity contribution in [1.82, 2.24) is 0 Å². The Balaban J connectivity index is 0.000000185. The molecule has 490 valence electrons. The maximum absolute atomic E-state index is 12.4. The Kier molecular flexibility index (Phi) is 26.1. The van der Waals surface area contributed by atoms with E-state index in [9.17, 15) is 27.4 Å². The van der Waals surface area contributed by atoms with E-state index in [1.54, 1.807) is 66.7 Å². The zero-order valence-corrected chi connectivity index (χ0v) is 60.0. The second-order valence-electron chi connectivity index (χ2n) is 21.8. The van der Waals surface area contributed by atoms with Crippen molar-refractivity contribution in [3.8, 4) is 80.1 Å². The molecule has 6 unspecified atom stereocenters. The third-order valence-corrected chi connectivity index (χ3v) is 18.3. The molecule has 0 aliphatic heterocycles. The van der Waals surface area contributed by atoms with Crippen LogP contribution in [0.1, 0.15) is 66.8 Å². The van der Waals surface area contributed by atoms with E-state index < -0.39 is 49.5 Å². The van der Waals surface area contributed by atoms with Crippen molar-refractivity contribution in [1.29, 1.82) is 0 Å². The van der Waals surface area contributed by atoms with Gasteiger partial charge < -0.3 is 0 Å². The van der Waals surface area contributed by atoms with Crippen LogP contribution < -0.4 is 54.3 Å². The Morgan fingerprint density at radius 1 is 0.177 bits per heavy atom. The summed E-state index contributed by atoms with van der Waals surface area (Å²) in [6.07, 6.45) is 0. The van der Waals surface area contributed by atoms with Gasteiger partial charge in [-0.2, -0.15) is 0 Å². The largest absolute Gasteiger partial charge is 0.805 e. The van der Waals surface area contributed by atoms with Crippen LogP contribution >= 0.6 is 49.5 Å². The average molecular weight is 1410 g/mol. The standard InChI is InChI=1S/C28H26O6P2.2C22H22O6P2/c1-19-7-5-8-20(2)27(19)33-35(29)31-25-15-11-23(12-16-25)24-13-17-26(18-14-24)32-36(30)34-28-21(3)9-6-10-22(28)4;1-15-8-5-9-16(2)21(15)27-29(23)25-19-12-7-13-20(14-19)26-30(24)28-22-17(3)10-6-11-18(22)4;1-15-7-5-8-16(2)21(15)27-29(23)25-19-11-13-20(14-12-19)26-30(24)28-22-17(3)9-6-10-18(22)4/h5-18H,1-4H3;2*5-14H,1-4H3/q3*+2. The normalized spacial score (nSPS) is 11.5. The summed E-state index contributed by atoms with van der Waals surface area (Å²) < 4.78 is 139. The Hall–Kier alpha value is -9.60. The molecule has 6 atom stereocenters. The third-order valence-electron chi connectivity index (χ3n) is 14.2. The van der Waals surface area contributed by atoms with Crippen LogP contribution in [0.25, 0.3) is 11.1 Å². The molecule has 0 fully saturated rings. The molecule has 10 rings (SSSR count). The molecule has 24 heteroatoms. The minimum Gasteiger partial charge on any atom is -0.222 e. The molecule has 0 aliphatic rings. The minimum absolute atomic E-state index is 0.260. The summed E-state index contributed by atoms with van der Waals surface area (Å²) >= 11 is 0. The second kappa shape index (κ2) is 34.7. The van der Waals surface area contributed by atoms with E-state index in [-0.39, 0.29) is 11.5 Å². The van der Waals surface area contributed by atoms with Crippen LogP contribution in [-0.4, -0.2) is 0 Å². The zero-order valence-electron chi connectivity index (χ0n) is 54.7.